The summed E-state index contributed by atoms with van der Waals surface area (Å²) in [5, 5.41) is 0. The van der Waals surface area contributed by atoms with Crippen molar-refractivity contribution in [2.75, 3.05) is 14.2 Å². The maximum atomic E-state index is 14.9. The molecule has 2 aromatic heterocycles. The van der Waals surface area contributed by atoms with E-state index in [2.05, 4.69) is 37.7 Å². The normalized spacial score (nSPS) is 15.5. The Morgan fingerprint density at radius 3 is 2.46 bits per heavy atom. The molecule has 35 heavy (non-hydrogen) atoms. The third kappa shape index (κ3) is 5.81. The van der Waals surface area contributed by atoms with Crippen LogP contribution in [-0.4, -0.2) is 24.2 Å². The van der Waals surface area contributed by atoms with Crippen LogP contribution in [0.3, 0.4) is 0 Å². The van der Waals surface area contributed by atoms with Crippen LogP contribution in [0.25, 0.3) is 11.1 Å². The fraction of sp³-hybridized carbons (Fsp3) is 0.414. The lowest BCUT2D eigenvalue weighted by atomic mass is 9.81. The summed E-state index contributed by atoms with van der Waals surface area (Å²) < 4.78 is 32.1. The second-order valence-corrected chi connectivity index (χ2v) is 10.3. The summed E-state index contributed by atoms with van der Waals surface area (Å²) in [4.78, 5) is 8.36. The summed E-state index contributed by atoms with van der Waals surface area (Å²) in [7, 11) is 3.19. The first-order chi connectivity index (χ1) is 16.7. The van der Waals surface area contributed by atoms with Gasteiger partial charge < -0.3 is 14.2 Å². The highest BCUT2D eigenvalue weighted by molar-refractivity contribution is 5.70. The predicted molar refractivity (Wildman–Crippen MR) is 135 cm³/mol. The Balaban J connectivity index is 1.66. The van der Waals surface area contributed by atoms with E-state index in [0.717, 1.165) is 22.3 Å². The van der Waals surface area contributed by atoms with Crippen molar-refractivity contribution < 1.29 is 18.6 Å². The van der Waals surface area contributed by atoms with Gasteiger partial charge in [0.25, 0.3) is 0 Å². The fourth-order valence-electron chi connectivity index (χ4n) is 4.51. The zero-order valence-electron chi connectivity index (χ0n) is 21.2. The lowest BCUT2D eigenvalue weighted by molar-refractivity contribution is 0.0155. The molecule has 185 valence electrons. The van der Waals surface area contributed by atoms with E-state index in [9.17, 15) is 4.39 Å². The van der Waals surface area contributed by atoms with E-state index in [1.54, 1.807) is 19.4 Å². The Morgan fingerprint density at radius 2 is 1.80 bits per heavy atom. The molecule has 0 N–H and O–H groups in total. The average molecular weight is 478 g/mol. The molecule has 0 amide bonds. The van der Waals surface area contributed by atoms with Crippen LogP contribution in [0.1, 0.15) is 62.3 Å². The summed E-state index contributed by atoms with van der Waals surface area (Å²) in [6.07, 6.45) is 5.16. The number of rotatable bonds is 9. The van der Waals surface area contributed by atoms with Crippen LogP contribution in [0, 0.1) is 24.1 Å². The molecule has 5 nitrogen and oxygen atoms in total. The monoisotopic (exact) mass is 477 g/mol. The molecule has 0 bridgehead atoms. The minimum Gasteiger partial charge on any atom is -0.481 e. The molecule has 1 saturated carbocycles. The Labute approximate surface area is 207 Å². The predicted octanol–water partition coefficient (Wildman–Crippen LogP) is 6.93. The zero-order valence-corrected chi connectivity index (χ0v) is 21.2. The van der Waals surface area contributed by atoms with Crippen molar-refractivity contribution in [3.05, 3.63) is 78.2 Å². The highest BCUT2D eigenvalue weighted by Crippen LogP contribution is 2.43. The molecule has 0 aliphatic heterocycles. The van der Waals surface area contributed by atoms with Gasteiger partial charge in [-0.3, -0.25) is 0 Å². The summed E-state index contributed by atoms with van der Waals surface area (Å²) in [5.41, 5.74) is 3.90. The highest BCUT2D eigenvalue weighted by atomic mass is 19.1. The largest absolute Gasteiger partial charge is 0.481 e. The van der Waals surface area contributed by atoms with Crippen LogP contribution in [0.2, 0.25) is 0 Å². The number of benzene rings is 1. The van der Waals surface area contributed by atoms with Crippen LogP contribution in [0.15, 0.2) is 48.8 Å². The van der Waals surface area contributed by atoms with E-state index < -0.39 is 5.82 Å². The second-order valence-electron chi connectivity index (χ2n) is 10.3. The molecule has 1 aliphatic carbocycles. The summed E-state index contributed by atoms with van der Waals surface area (Å²) in [6.45, 7) is 10.9. The molecule has 0 unspecified atom stereocenters. The van der Waals surface area contributed by atoms with Gasteiger partial charge in [-0.15, -0.1) is 0 Å². The minimum absolute atomic E-state index is 0.224. The SMILES string of the molecule is [CH2][C@H](c1ccnc(OCc2ccc(-c3cc(OC)ncc3F)c([C@@H](OC)C(C)(C)C)c2)c1)C1CC1. The molecular weight excluding hydrogens is 443 g/mol. The summed E-state index contributed by atoms with van der Waals surface area (Å²) in [6, 6.07) is 11.5. The Bertz CT molecular complexity index is 1170. The van der Waals surface area contributed by atoms with Gasteiger partial charge >= 0.3 is 0 Å². The van der Waals surface area contributed by atoms with Crippen LogP contribution in [0.4, 0.5) is 4.39 Å². The van der Waals surface area contributed by atoms with Crippen molar-refractivity contribution in [3.8, 4) is 22.9 Å². The maximum Gasteiger partial charge on any atom is 0.213 e. The maximum absolute atomic E-state index is 14.9. The van der Waals surface area contributed by atoms with E-state index in [1.165, 1.54) is 26.1 Å². The number of hydrogen-bond donors (Lipinski definition) is 0. The molecule has 1 radical (unpaired) electrons. The van der Waals surface area contributed by atoms with E-state index in [1.807, 2.05) is 30.3 Å². The van der Waals surface area contributed by atoms with E-state index >= 15 is 0 Å². The van der Waals surface area contributed by atoms with E-state index in [4.69, 9.17) is 14.2 Å². The molecule has 2 atom stereocenters. The van der Waals surface area contributed by atoms with Gasteiger partial charge in [-0.2, -0.15) is 0 Å². The second kappa shape index (κ2) is 10.3. The lowest BCUT2D eigenvalue weighted by Crippen LogP contribution is -2.21. The molecule has 4 rings (SSSR count). The number of pyridine rings is 2. The number of hydrogen-bond acceptors (Lipinski definition) is 5. The lowest BCUT2D eigenvalue weighted by Gasteiger charge is -2.32. The Morgan fingerprint density at radius 1 is 1.03 bits per heavy atom. The first-order valence-electron chi connectivity index (χ1n) is 12.0. The van der Waals surface area contributed by atoms with Crippen LogP contribution in [-0.2, 0) is 11.3 Å². The Hall–Kier alpha value is -2.99. The molecule has 1 aromatic carbocycles. The molecular formula is C29H34FN2O3. The van der Waals surface area contributed by atoms with Gasteiger partial charge in [0.15, 0.2) is 0 Å². The summed E-state index contributed by atoms with van der Waals surface area (Å²) >= 11 is 0. The third-order valence-electron chi connectivity index (χ3n) is 6.52. The van der Waals surface area contributed by atoms with Crippen LogP contribution < -0.4 is 9.47 Å². The molecule has 6 heteroatoms. The van der Waals surface area contributed by atoms with Crippen molar-refractivity contribution >= 4 is 0 Å². The standard InChI is InChI=1S/C29H34FN2O3/c1-18(20-8-9-20)21-11-12-31-27(14-21)35-17-19-7-10-22(23-15-26(33-5)32-16-25(23)30)24(13-19)28(34-6)29(2,3)4/h7,10-16,18,20,28H,1,8-9,17H2,2-6H3/t18-,28+/m0/s1. The van der Waals surface area contributed by atoms with Crippen LogP contribution >= 0.6 is 0 Å². The van der Waals surface area contributed by atoms with Gasteiger partial charge in [0, 0.05) is 31.0 Å². The molecule has 0 saturated heterocycles. The van der Waals surface area contributed by atoms with Gasteiger partial charge in [0.2, 0.25) is 11.8 Å². The summed E-state index contributed by atoms with van der Waals surface area (Å²) in [5.74, 6) is 1.44. The van der Waals surface area contributed by atoms with Gasteiger partial charge in [-0.05, 0) is 71.4 Å². The topological polar surface area (TPSA) is 53.5 Å². The number of methoxy groups -OCH3 is 2. The third-order valence-corrected chi connectivity index (χ3v) is 6.52. The van der Waals surface area contributed by atoms with Crippen molar-refractivity contribution in [1.29, 1.82) is 0 Å². The van der Waals surface area contributed by atoms with Crippen LogP contribution in [0.5, 0.6) is 11.8 Å². The number of ether oxygens (including phenoxy) is 3. The van der Waals surface area contributed by atoms with Crippen molar-refractivity contribution in [2.24, 2.45) is 11.3 Å². The molecule has 1 aliphatic rings. The minimum atomic E-state index is -0.417. The number of nitrogens with zero attached hydrogens (tertiary/aromatic N) is 2. The first kappa shape index (κ1) is 25.1. The molecule has 1 fully saturated rings. The van der Waals surface area contributed by atoms with Crippen molar-refractivity contribution in [3.63, 3.8) is 0 Å². The smallest absolute Gasteiger partial charge is 0.213 e. The van der Waals surface area contributed by atoms with Gasteiger partial charge in [-0.1, -0.05) is 32.9 Å². The molecule has 0 spiro atoms. The number of aromatic nitrogens is 2. The fourth-order valence-corrected chi connectivity index (χ4v) is 4.51. The van der Waals surface area contributed by atoms with Gasteiger partial charge in [0.1, 0.15) is 12.4 Å². The van der Waals surface area contributed by atoms with Gasteiger partial charge in [-0.25, -0.2) is 14.4 Å². The van der Waals surface area contributed by atoms with E-state index in [-0.39, 0.29) is 17.4 Å². The average Bonchev–Trinajstić information content (AvgIpc) is 3.68. The molecule has 2 heterocycles. The van der Waals surface area contributed by atoms with E-state index in [0.29, 0.717) is 29.8 Å². The quantitative estimate of drug-likeness (QED) is 0.334. The van der Waals surface area contributed by atoms with Crippen molar-refractivity contribution in [2.45, 2.75) is 52.2 Å². The molecule has 3 aromatic rings. The Kier molecular flexibility index (Phi) is 7.41. The first-order valence-corrected chi connectivity index (χ1v) is 12.0. The van der Waals surface area contributed by atoms with Gasteiger partial charge in [0.05, 0.1) is 19.4 Å². The van der Waals surface area contributed by atoms with Crippen molar-refractivity contribution in [1.82, 2.24) is 9.97 Å². The highest BCUT2D eigenvalue weighted by Gasteiger charge is 2.30. The zero-order chi connectivity index (χ0) is 25.2. The number of halogens is 1.